The maximum Gasteiger partial charge on any atom is 0.404 e. The summed E-state index contributed by atoms with van der Waals surface area (Å²) >= 11 is 0. The molecule has 1 aromatic heterocycles. The fraction of sp³-hybridized carbons (Fsp3) is 0.182. The number of H-pyrrole nitrogens is 1. The normalized spacial score (nSPS) is 10.1. The summed E-state index contributed by atoms with van der Waals surface area (Å²) in [5, 5.41) is 21.0. The van der Waals surface area contributed by atoms with Crippen molar-refractivity contribution in [3.05, 3.63) is 36.0 Å². The molecule has 1 amide bonds. The first-order valence-corrected chi connectivity index (χ1v) is 5.18. The molecule has 3 N–H and O–H groups in total. The number of rotatable bonds is 4. The summed E-state index contributed by atoms with van der Waals surface area (Å²) in [6, 6.07) is 7.78. The fourth-order valence-corrected chi connectivity index (χ4v) is 1.50. The van der Waals surface area contributed by atoms with Gasteiger partial charge in [-0.05, 0) is 12.0 Å². The van der Waals surface area contributed by atoms with Crippen LogP contribution in [0.1, 0.15) is 5.56 Å². The Morgan fingerprint density at radius 3 is 2.71 bits per heavy atom. The summed E-state index contributed by atoms with van der Waals surface area (Å²) in [6.45, 7) is 0.415. The molecule has 0 atom stereocenters. The van der Waals surface area contributed by atoms with E-state index in [0.29, 0.717) is 13.0 Å². The van der Waals surface area contributed by atoms with Crippen molar-refractivity contribution in [2.75, 3.05) is 6.54 Å². The summed E-state index contributed by atoms with van der Waals surface area (Å²) in [4.78, 5) is 10.3. The lowest BCUT2D eigenvalue weighted by molar-refractivity contribution is 0.194. The van der Waals surface area contributed by atoms with Crippen molar-refractivity contribution in [2.24, 2.45) is 0 Å². The summed E-state index contributed by atoms with van der Waals surface area (Å²) in [7, 11) is 0. The first-order valence-electron chi connectivity index (χ1n) is 5.18. The molecule has 2 rings (SSSR count). The molecule has 0 radical (unpaired) electrons. The standard InChI is InChI=1S/C11H12N4O2/c16-11(17)12-6-5-8-1-3-9(4-2-8)10-7-13-15-14-10/h1-4,7,12H,5-6H2,(H,16,17)(H,13,14,15). The molecule has 6 heteroatoms. The van der Waals surface area contributed by atoms with E-state index in [4.69, 9.17) is 5.11 Å². The maximum atomic E-state index is 10.3. The Morgan fingerprint density at radius 2 is 2.12 bits per heavy atom. The van der Waals surface area contributed by atoms with Gasteiger partial charge >= 0.3 is 6.09 Å². The smallest absolute Gasteiger partial charge is 0.404 e. The number of amides is 1. The van der Waals surface area contributed by atoms with Gasteiger partial charge in [-0.2, -0.15) is 0 Å². The van der Waals surface area contributed by atoms with Crippen LogP contribution in [0.25, 0.3) is 11.3 Å². The van der Waals surface area contributed by atoms with Crippen LogP contribution < -0.4 is 5.32 Å². The van der Waals surface area contributed by atoms with Crippen molar-refractivity contribution >= 4 is 6.09 Å². The molecule has 2 aromatic rings. The van der Waals surface area contributed by atoms with E-state index < -0.39 is 6.09 Å². The van der Waals surface area contributed by atoms with Crippen molar-refractivity contribution in [1.82, 2.24) is 20.7 Å². The Labute approximate surface area is 97.7 Å². The largest absolute Gasteiger partial charge is 0.465 e. The van der Waals surface area contributed by atoms with Gasteiger partial charge in [-0.25, -0.2) is 4.79 Å². The minimum absolute atomic E-state index is 0.415. The van der Waals surface area contributed by atoms with E-state index in [1.807, 2.05) is 24.3 Å². The molecule has 6 nitrogen and oxygen atoms in total. The lowest BCUT2D eigenvalue weighted by Gasteiger charge is -2.02. The third-order valence-corrected chi connectivity index (χ3v) is 2.36. The van der Waals surface area contributed by atoms with Crippen LogP contribution in [-0.2, 0) is 6.42 Å². The number of hydrogen-bond donors (Lipinski definition) is 3. The predicted molar refractivity (Wildman–Crippen MR) is 61.6 cm³/mol. The average molecular weight is 232 g/mol. The summed E-state index contributed by atoms with van der Waals surface area (Å²) in [5.74, 6) is 0. The van der Waals surface area contributed by atoms with Gasteiger partial charge in [-0.15, -0.1) is 5.10 Å². The molecule has 0 bridgehead atoms. The van der Waals surface area contributed by atoms with E-state index in [-0.39, 0.29) is 0 Å². The predicted octanol–water partition coefficient (Wildman–Crippen LogP) is 1.28. The number of nitrogens with zero attached hydrogens (tertiary/aromatic N) is 2. The summed E-state index contributed by atoms with van der Waals surface area (Å²) in [5.41, 5.74) is 2.85. The zero-order valence-electron chi connectivity index (χ0n) is 9.05. The molecule has 0 aliphatic carbocycles. The monoisotopic (exact) mass is 232 g/mol. The molecule has 0 spiro atoms. The Hall–Kier alpha value is -2.37. The molecule has 88 valence electrons. The van der Waals surface area contributed by atoms with Crippen LogP contribution in [-0.4, -0.2) is 33.2 Å². The van der Waals surface area contributed by atoms with Crippen molar-refractivity contribution in [3.8, 4) is 11.3 Å². The second-order valence-corrected chi connectivity index (χ2v) is 3.54. The highest BCUT2D eigenvalue weighted by Gasteiger charge is 2.01. The van der Waals surface area contributed by atoms with Crippen molar-refractivity contribution in [3.63, 3.8) is 0 Å². The topological polar surface area (TPSA) is 90.9 Å². The number of aromatic nitrogens is 3. The van der Waals surface area contributed by atoms with Gasteiger partial charge < -0.3 is 10.4 Å². The quantitative estimate of drug-likeness (QED) is 0.740. The van der Waals surface area contributed by atoms with E-state index in [1.54, 1.807) is 6.20 Å². The molecule has 0 fully saturated rings. The molecule has 0 unspecified atom stereocenters. The third-order valence-electron chi connectivity index (χ3n) is 2.36. The number of aromatic amines is 1. The van der Waals surface area contributed by atoms with Gasteiger partial charge in [0.15, 0.2) is 0 Å². The van der Waals surface area contributed by atoms with E-state index in [0.717, 1.165) is 16.8 Å². The Kier molecular flexibility index (Phi) is 3.34. The van der Waals surface area contributed by atoms with Crippen molar-refractivity contribution < 1.29 is 9.90 Å². The van der Waals surface area contributed by atoms with E-state index >= 15 is 0 Å². The summed E-state index contributed by atoms with van der Waals surface area (Å²) in [6.07, 6.45) is 1.40. The SMILES string of the molecule is O=C(O)NCCc1ccc(-c2c[nH]nn2)cc1. The molecule has 1 heterocycles. The Morgan fingerprint density at radius 1 is 1.35 bits per heavy atom. The lowest BCUT2D eigenvalue weighted by atomic mass is 10.1. The van der Waals surface area contributed by atoms with E-state index in [1.165, 1.54) is 0 Å². The van der Waals surface area contributed by atoms with E-state index in [2.05, 4.69) is 20.7 Å². The molecule has 0 saturated carbocycles. The van der Waals surface area contributed by atoms with Gasteiger partial charge in [0.05, 0.1) is 0 Å². The van der Waals surface area contributed by atoms with Crippen molar-refractivity contribution in [2.45, 2.75) is 6.42 Å². The van der Waals surface area contributed by atoms with Crippen LogP contribution in [0.4, 0.5) is 4.79 Å². The van der Waals surface area contributed by atoms with Crippen LogP contribution in [0.3, 0.4) is 0 Å². The number of hydrogen-bond acceptors (Lipinski definition) is 3. The van der Waals surface area contributed by atoms with Gasteiger partial charge in [-0.1, -0.05) is 29.5 Å². The van der Waals surface area contributed by atoms with Crippen molar-refractivity contribution in [1.29, 1.82) is 0 Å². The highest BCUT2D eigenvalue weighted by molar-refractivity contribution is 5.64. The first-order chi connectivity index (χ1) is 8.25. The minimum atomic E-state index is -0.996. The Balaban J connectivity index is 1.96. The maximum absolute atomic E-state index is 10.3. The second-order valence-electron chi connectivity index (χ2n) is 3.54. The first kappa shape index (κ1) is 11.1. The van der Waals surface area contributed by atoms with Crippen LogP contribution in [0.15, 0.2) is 30.5 Å². The molecular weight excluding hydrogens is 220 g/mol. The molecule has 1 aromatic carbocycles. The van der Waals surface area contributed by atoms with Crippen LogP contribution in [0.5, 0.6) is 0 Å². The third kappa shape index (κ3) is 3.04. The van der Waals surface area contributed by atoms with E-state index in [9.17, 15) is 4.79 Å². The van der Waals surface area contributed by atoms with Crippen LogP contribution >= 0.6 is 0 Å². The van der Waals surface area contributed by atoms with Gasteiger partial charge in [0.2, 0.25) is 0 Å². The van der Waals surface area contributed by atoms with Gasteiger partial charge in [0, 0.05) is 18.3 Å². The highest BCUT2D eigenvalue weighted by Crippen LogP contribution is 2.15. The molecular formula is C11H12N4O2. The number of carboxylic acid groups (broad SMARTS) is 1. The Bertz CT molecular complexity index is 479. The minimum Gasteiger partial charge on any atom is -0.465 e. The van der Waals surface area contributed by atoms with Gasteiger partial charge in [0.1, 0.15) is 5.69 Å². The second kappa shape index (κ2) is 5.11. The molecule has 0 saturated heterocycles. The molecule has 0 aliphatic heterocycles. The van der Waals surface area contributed by atoms with Gasteiger partial charge in [-0.3, -0.25) is 5.10 Å². The number of nitrogens with one attached hydrogen (secondary N) is 2. The van der Waals surface area contributed by atoms with Crippen LogP contribution in [0, 0.1) is 0 Å². The average Bonchev–Trinajstić information content (AvgIpc) is 2.83. The zero-order chi connectivity index (χ0) is 12.1. The number of carbonyl (C=O) groups is 1. The zero-order valence-corrected chi connectivity index (χ0v) is 9.05. The van der Waals surface area contributed by atoms with Gasteiger partial charge in [0.25, 0.3) is 0 Å². The fourth-order valence-electron chi connectivity index (χ4n) is 1.50. The highest BCUT2D eigenvalue weighted by atomic mass is 16.4. The van der Waals surface area contributed by atoms with Crippen LogP contribution in [0.2, 0.25) is 0 Å². The molecule has 0 aliphatic rings. The molecule has 17 heavy (non-hydrogen) atoms. The summed E-state index contributed by atoms with van der Waals surface area (Å²) < 4.78 is 0. The number of benzene rings is 1. The lowest BCUT2D eigenvalue weighted by Crippen LogP contribution is -2.23.